The zero-order valence-corrected chi connectivity index (χ0v) is 11.5. The number of nitrogens with zero attached hydrogens (tertiary/aromatic N) is 3. The number of hydrogen-bond donors (Lipinski definition) is 2. The summed E-state index contributed by atoms with van der Waals surface area (Å²) in [6, 6.07) is 6.33. The Balaban J connectivity index is 1.69. The van der Waals surface area contributed by atoms with Crippen molar-refractivity contribution in [2.45, 2.75) is 24.9 Å². The number of carbonyl (C=O) groups excluding carboxylic acids is 1. The fourth-order valence-electron chi connectivity index (χ4n) is 2.36. The van der Waals surface area contributed by atoms with Gasteiger partial charge in [-0.25, -0.2) is 13.9 Å². The van der Waals surface area contributed by atoms with Crippen LogP contribution in [0.3, 0.4) is 0 Å². The van der Waals surface area contributed by atoms with Crippen LogP contribution in [0.1, 0.15) is 28.9 Å². The average Bonchev–Trinajstić information content (AvgIpc) is 3.07. The maximum atomic E-state index is 13.9. The number of benzene rings is 1. The number of carboxylic acid groups (broad SMARTS) is 1. The summed E-state index contributed by atoms with van der Waals surface area (Å²) in [5.41, 5.74) is -0.435. The predicted octanol–water partition coefficient (Wildman–Crippen LogP) is 0.921. The molecule has 7 nitrogen and oxygen atoms in total. The van der Waals surface area contributed by atoms with Gasteiger partial charge in [0.25, 0.3) is 0 Å². The molecule has 1 amide bonds. The molecule has 3 rings (SSSR count). The first-order valence-electron chi connectivity index (χ1n) is 6.70. The number of carboxylic acids is 1. The van der Waals surface area contributed by atoms with Gasteiger partial charge in [-0.3, -0.25) is 4.79 Å². The zero-order chi connectivity index (χ0) is 15.7. The summed E-state index contributed by atoms with van der Waals surface area (Å²) in [6.45, 7) is -0.170. The average molecular weight is 304 g/mol. The molecule has 1 fully saturated rings. The molecule has 22 heavy (non-hydrogen) atoms. The highest BCUT2D eigenvalue weighted by molar-refractivity contribution is 5.85. The van der Waals surface area contributed by atoms with E-state index in [0.717, 1.165) is 4.68 Å². The summed E-state index contributed by atoms with van der Waals surface area (Å²) < 4.78 is 15.0. The van der Waals surface area contributed by atoms with Crippen molar-refractivity contribution < 1.29 is 19.1 Å². The van der Waals surface area contributed by atoms with Gasteiger partial charge in [0.05, 0.1) is 11.7 Å². The van der Waals surface area contributed by atoms with Crippen molar-refractivity contribution in [3.05, 3.63) is 47.5 Å². The lowest BCUT2D eigenvalue weighted by molar-refractivity contribution is -0.122. The molecule has 0 atom stereocenters. The highest BCUT2D eigenvalue weighted by atomic mass is 19.1. The molecule has 8 heteroatoms. The van der Waals surface area contributed by atoms with Crippen LogP contribution in [0.25, 0.3) is 0 Å². The third-order valence-corrected chi connectivity index (χ3v) is 3.58. The third-order valence-electron chi connectivity index (χ3n) is 3.58. The molecule has 1 aliphatic rings. The fourth-order valence-corrected chi connectivity index (χ4v) is 2.36. The summed E-state index contributed by atoms with van der Waals surface area (Å²) in [4.78, 5) is 22.8. The zero-order valence-electron chi connectivity index (χ0n) is 11.5. The first-order chi connectivity index (χ1) is 10.5. The van der Waals surface area contributed by atoms with Crippen LogP contribution in [0.4, 0.5) is 4.39 Å². The topological polar surface area (TPSA) is 97.1 Å². The van der Waals surface area contributed by atoms with Gasteiger partial charge < -0.3 is 10.4 Å². The molecule has 2 aromatic rings. The minimum absolute atomic E-state index is 0.170. The van der Waals surface area contributed by atoms with Crippen molar-refractivity contribution in [3.8, 4) is 0 Å². The van der Waals surface area contributed by atoms with Crippen LogP contribution in [0.15, 0.2) is 30.5 Å². The number of aromatic nitrogens is 3. The maximum absolute atomic E-state index is 13.9. The lowest BCUT2D eigenvalue weighted by Crippen LogP contribution is -2.37. The first kappa shape index (κ1) is 14.2. The fraction of sp³-hybridized carbons (Fsp3) is 0.286. The second kappa shape index (κ2) is 5.21. The molecule has 0 saturated heterocycles. The van der Waals surface area contributed by atoms with Crippen molar-refractivity contribution in [1.82, 2.24) is 20.3 Å². The van der Waals surface area contributed by atoms with E-state index in [1.165, 1.54) is 12.3 Å². The van der Waals surface area contributed by atoms with Gasteiger partial charge in [0, 0.05) is 5.56 Å². The predicted molar refractivity (Wildman–Crippen MR) is 72.4 cm³/mol. The quantitative estimate of drug-likeness (QED) is 0.856. The van der Waals surface area contributed by atoms with Crippen LogP contribution in [0.5, 0.6) is 0 Å². The lowest BCUT2D eigenvalue weighted by atomic mass is 10.0. The van der Waals surface area contributed by atoms with Crippen LogP contribution in [-0.4, -0.2) is 32.0 Å². The molecule has 1 saturated carbocycles. The molecule has 1 aromatic heterocycles. The Morgan fingerprint density at radius 3 is 2.68 bits per heavy atom. The van der Waals surface area contributed by atoms with Gasteiger partial charge in [-0.1, -0.05) is 23.4 Å². The van der Waals surface area contributed by atoms with Crippen molar-refractivity contribution >= 4 is 11.9 Å². The van der Waals surface area contributed by atoms with Crippen LogP contribution < -0.4 is 5.32 Å². The highest BCUT2D eigenvalue weighted by Crippen LogP contribution is 2.46. The lowest BCUT2D eigenvalue weighted by Gasteiger charge is -2.18. The van der Waals surface area contributed by atoms with E-state index in [-0.39, 0.29) is 24.0 Å². The summed E-state index contributed by atoms with van der Waals surface area (Å²) in [5.74, 6) is -1.94. The Kier molecular flexibility index (Phi) is 3.36. The highest BCUT2D eigenvalue weighted by Gasteiger charge is 2.47. The minimum Gasteiger partial charge on any atom is -0.476 e. The van der Waals surface area contributed by atoms with Crippen molar-refractivity contribution in [2.75, 3.05) is 0 Å². The molecule has 0 radical (unpaired) electrons. The van der Waals surface area contributed by atoms with Gasteiger partial charge in [-0.2, -0.15) is 0 Å². The Morgan fingerprint density at radius 1 is 1.36 bits per heavy atom. The SMILES string of the molecule is O=C(Cn1cc(C(=O)O)nn1)NC1(c2ccccc2F)CC1. The van der Waals surface area contributed by atoms with E-state index in [1.54, 1.807) is 18.2 Å². The van der Waals surface area contributed by atoms with Crippen molar-refractivity contribution in [1.29, 1.82) is 0 Å². The molecule has 1 aliphatic carbocycles. The van der Waals surface area contributed by atoms with Gasteiger partial charge >= 0.3 is 5.97 Å². The van der Waals surface area contributed by atoms with E-state index in [9.17, 15) is 14.0 Å². The normalized spacial score (nSPS) is 15.3. The Bertz CT molecular complexity index is 739. The molecular weight excluding hydrogens is 291 g/mol. The molecule has 0 spiro atoms. The maximum Gasteiger partial charge on any atom is 0.358 e. The second-order valence-corrected chi connectivity index (χ2v) is 5.22. The van der Waals surface area contributed by atoms with Crippen LogP contribution in [0, 0.1) is 5.82 Å². The Labute approximate surface area is 124 Å². The molecule has 114 valence electrons. The van der Waals surface area contributed by atoms with Gasteiger partial charge in [0.2, 0.25) is 5.91 Å². The van der Waals surface area contributed by atoms with Gasteiger partial charge in [-0.05, 0) is 18.9 Å². The molecule has 0 bridgehead atoms. The third kappa shape index (κ3) is 2.67. The monoisotopic (exact) mass is 304 g/mol. The van der Waals surface area contributed by atoms with Gasteiger partial charge in [-0.15, -0.1) is 5.10 Å². The summed E-state index contributed by atoms with van der Waals surface area (Å²) in [6.07, 6.45) is 2.50. The minimum atomic E-state index is -1.21. The van der Waals surface area contributed by atoms with Crippen LogP contribution >= 0.6 is 0 Å². The summed E-state index contributed by atoms with van der Waals surface area (Å²) in [7, 11) is 0. The smallest absolute Gasteiger partial charge is 0.358 e. The van der Waals surface area contributed by atoms with E-state index >= 15 is 0 Å². The van der Waals surface area contributed by atoms with E-state index < -0.39 is 11.5 Å². The Morgan fingerprint density at radius 2 is 2.09 bits per heavy atom. The van der Waals surface area contributed by atoms with E-state index in [1.807, 2.05) is 0 Å². The standard InChI is InChI=1S/C14H13FN4O3/c15-10-4-2-1-3-9(10)14(5-6-14)16-12(20)8-19-7-11(13(21)22)17-18-19/h1-4,7H,5-6,8H2,(H,16,20)(H,21,22). The van der Waals surface area contributed by atoms with Crippen molar-refractivity contribution in [2.24, 2.45) is 0 Å². The Hall–Kier alpha value is -2.77. The molecule has 0 unspecified atom stereocenters. The first-order valence-corrected chi connectivity index (χ1v) is 6.70. The van der Waals surface area contributed by atoms with Crippen LogP contribution in [0.2, 0.25) is 0 Å². The molecule has 1 aromatic carbocycles. The summed E-state index contributed by atoms with van der Waals surface area (Å²) >= 11 is 0. The van der Waals surface area contributed by atoms with E-state index in [0.29, 0.717) is 18.4 Å². The van der Waals surface area contributed by atoms with E-state index in [4.69, 9.17) is 5.11 Å². The second-order valence-electron chi connectivity index (χ2n) is 5.22. The molecule has 1 heterocycles. The number of hydrogen-bond acceptors (Lipinski definition) is 4. The van der Waals surface area contributed by atoms with Crippen molar-refractivity contribution in [3.63, 3.8) is 0 Å². The molecular formula is C14H13FN4O3. The number of aromatic carboxylic acids is 1. The number of nitrogens with one attached hydrogen (secondary N) is 1. The molecule has 0 aliphatic heterocycles. The number of halogens is 1. The van der Waals surface area contributed by atoms with E-state index in [2.05, 4.69) is 15.6 Å². The van der Waals surface area contributed by atoms with Gasteiger partial charge in [0.1, 0.15) is 12.4 Å². The number of rotatable bonds is 5. The molecule has 2 N–H and O–H groups in total. The number of carbonyl (C=O) groups is 2. The summed E-state index contributed by atoms with van der Waals surface area (Å²) in [5, 5.41) is 18.5. The van der Waals surface area contributed by atoms with Crippen LogP contribution in [-0.2, 0) is 16.9 Å². The van der Waals surface area contributed by atoms with Gasteiger partial charge in [0.15, 0.2) is 5.69 Å². The largest absolute Gasteiger partial charge is 0.476 e. The number of amides is 1.